The number of aryl methyl sites for hydroxylation is 2. The summed E-state index contributed by atoms with van der Waals surface area (Å²) >= 11 is 3.47. The van der Waals surface area contributed by atoms with Gasteiger partial charge in [-0.2, -0.15) is 11.3 Å². The third-order valence-corrected chi connectivity index (χ3v) is 10.8. The van der Waals surface area contributed by atoms with E-state index in [1.54, 1.807) is 34.8 Å². The summed E-state index contributed by atoms with van der Waals surface area (Å²) in [5, 5.41) is 6.81. The van der Waals surface area contributed by atoms with Gasteiger partial charge in [0, 0.05) is 60.4 Å². The Hall–Kier alpha value is -4.97. The van der Waals surface area contributed by atoms with Gasteiger partial charge in [0.15, 0.2) is 0 Å². The van der Waals surface area contributed by atoms with E-state index in [2.05, 4.69) is 83.8 Å². The molecule has 0 aliphatic heterocycles. The van der Waals surface area contributed by atoms with Gasteiger partial charge in [0.25, 0.3) is 0 Å². The molecule has 4 aromatic heterocycles. The molecule has 0 aliphatic carbocycles. The Kier molecular flexibility index (Phi) is 6.94. The quantitative estimate of drug-likeness (QED) is 0.166. The van der Waals surface area contributed by atoms with Crippen LogP contribution in [0.3, 0.4) is 0 Å². The molecule has 0 spiro atoms. The summed E-state index contributed by atoms with van der Waals surface area (Å²) in [5.74, 6) is 0. The SMILES string of the molecule is [2H]C([2H])([2H])c1ccc(-c2[c-]cc(C([2H])([2H])[2H])c(-c3ccccc3)c2)nc1.[Ir].[c-]1ccc2c(oc3c4ccccc4ccc23)c1-c1nc2sc3ccccc3c2s1. The summed E-state index contributed by atoms with van der Waals surface area (Å²) in [7, 11) is 0. The summed E-state index contributed by atoms with van der Waals surface area (Å²) in [6, 6.07) is 47.2. The maximum atomic E-state index is 7.77. The fourth-order valence-electron chi connectivity index (χ4n) is 6.18. The molecule has 0 saturated carbocycles. The van der Waals surface area contributed by atoms with Crippen molar-refractivity contribution in [3.63, 3.8) is 0 Å². The van der Waals surface area contributed by atoms with Gasteiger partial charge in [0.05, 0.1) is 10.3 Å². The zero-order valence-electron chi connectivity index (χ0n) is 32.2. The summed E-state index contributed by atoms with van der Waals surface area (Å²) in [4.78, 5) is 10.2. The van der Waals surface area contributed by atoms with Crippen LogP contribution in [0.4, 0.5) is 0 Å². The molecule has 3 nitrogen and oxygen atoms in total. The van der Waals surface area contributed by atoms with Crippen molar-refractivity contribution >= 4 is 75.0 Å². The third-order valence-electron chi connectivity index (χ3n) is 8.55. The van der Waals surface area contributed by atoms with Gasteiger partial charge in [0.2, 0.25) is 0 Å². The fraction of sp³-hybridized carbons (Fsp3) is 0.0455. The van der Waals surface area contributed by atoms with Crippen LogP contribution in [0.2, 0.25) is 0 Å². The van der Waals surface area contributed by atoms with Crippen molar-refractivity contribution in [3.8, 4) is 33.0 Å². The van der Waals surface area contributed by atoms with E-state index in [-0.39, 0.29) is 31.2 Å². The van der Waals surface area contributed by atoms with E-state index >= 15 is 0 Å². The first kappa shape index (κ1) is 25.9. The van der Waals surface area contributed by atoms with E-state index in [1.807, 2.05) is 36.4 Å². The smallest absolute Gasteiger partial charge is 0.128 e. The number of furan rings is 1. The number of rotatable bonds is 3. The summed E-state index contributed by atoms with van der Waals surface area (Å²) < 4.78 is 54.5. The first-order valence-corrected chi connectivity index (χ1v) is 17.3. The minimum atomic E-state index is -2.27. The van der Waals surface area contributed by atoms with Crippen molar-refractivity contribution in [2.24, 2.45) is 0 Å². The van der Waals surface area contributed by atoms with E-state index in [0.29, 0.717) is 16.8 Å². The molecule has 1 radical (unpaired) electrons. The number of fused-ring (bicyclic) bond motifs is 8. The van der Waals surface area contributed by atoms with Crippen molar-refractivity contribution in [1.82, 2.24) is 9.97 Å². The molecule has 0 bridgehead atoms. The van der Waals surface area contributed by atoms with E-state index in [0.717, 1.165) is 48.3 Å². The van der Waals surface area contributed by atoms with Crippen molar-refractivity contribution in [2.75, 3.05) is 0 Å². The number of hydrogen-bond donors (Lipinski definition) is 0. The number of thiophene rings is 1. The average Bonchev–Trinajstić information content (AvgIpc) is 3.89. The minimum Gasteiger partial charge on any atom is -0.500 e. The van der Waals surface area contributed by atoms with Crippen LogP contribution >= 0.6 is 22.7 Å². The van der Waals surface area contributed by atoms with Crippen molar-refractivity contribution < 1.29 is 32.7 Å². The molecule has 0 N–H and O–H groups in total. The van der Waals surface area contributed by atoms with Crippen molar-refractivity contribution in [1.29, 1.82) is 0 Å². The van der Waals surface area contributed by atoms with Crippen LogP contribution in [0.5, 0.6) is 0 Å². The minimum absolute atomic E-state index is 0. The van der Waals surface area contributed by atoms with E-state index < -0.39 is 13.7 Å². The maximum absolute atomic E-state index is 7.77. The van der Waals surface area contributed by atoms with Crippen LogP contribution in [-0.4, -0.2) is 9.97 Å². The summed E-state index contributed by atoms with van der Waals surface area (Å²) in [6.45, 7) is -4.48. The molecule has 0 atom stereocenters. The molecule has 4 heterocycles. The van der Waals surface area contributed by atoms with Gasteiger partial charge < -0.3 is 9.40 Å². The largest absolute Gasteiger partial charge is 0.500 e. The van der Waals surface area contributed by atoms with Gasteiger partial charge in [-0.25, -0.2) is 0 Å². The Morgan fingerprint density at radius 3 is 2.38 bits per heavy atom. The Morgan fingerprint density at radius 1 is 0.720 bits per heavy atom. The van der Waals surface area contributed by atoms with E-state index in [4.69, 9.17) is 17.6 Å². The molecule has 6 heteroatoms. The van der Waals surface area contributed by atoms with Crippen LogP contribution in [0.15, 0.2) is 138 Å². The molecule has 0 fully saturated rings. The van der Waals surface area contributed by atoms with E-state index in [9.17, 15) is 0 Å². The first-order chi connectivity index (χ1) is 26.5. The normalized spacial score (nSPS) is 13.5. The Balaban J connectivity index is 0.000000156. The van der Waals surface area contributed by atoms with E-state index in [1.165, 1.54) is 38.5 Å². The zero-order chi connectivity index (χ0) is 37.9. The van der Waals surface area contributed by atoms with Crippen LogP contribution in [-0.2, 0) is 20.1 Å². The standard InChI is InChI=1S/C25H12NOS2.C19H16N.Ir/c1-2-7-15-14(6-1)12-13-17-16-9-5-10-19(22(16)27-21(15)17)24-26-25-23(29-24)18-8-3-4-11-20(18)28-25;1-14-8-11-19(20-13-14)17-10-9-15(2)18(12-17)16-6-4-3-5-7-16;/h1-9,11-13H;3-9,11-13H,1-2H3;/q2*-1;/i;1D3,2D3;. The number of hydrogen-bond acceptors (Lipinski definition) is 5. The second-order valence-electron chi connectivity index (χ2n) is 11.6. The molecule has 6 aromatic carbocycles. The summed E-state index contributed by atoms with van der Waals surface area (Å²) in [6.07, 6.45) is 1.32. The Labute approximate surface area is 319 Å². The second-order valence-corrected chi connectivity index (χ2v) is 13.6. The number of benzene rings is 6. The fourth-order valence-corrected chi connectivity index (χ4v) is 8.53. The molecule has 0 aliphatic rings. The molecule has 0 amide bonds. The molecule has 10 rings (SSSR count). The average molecular weight is 863 g/mol. The Bertz CT molecular complexity index is 3020. The van der Waals surface area contributed by atoms with Gasteiger partial charge in [-0.3, -0.25) is 4.98 Å². The predicted octanol–water partition coefficient (Wildman–Crippen LogP) is 12.9. The predicted molar refractivity (Wildman–Crippen MR) is 207 cm³/mol. The first-order valence-electron chi connectivity index (χ1n) is 18.6. The van der Waals surface area contributed by atoms with Gasteiger partial charge in [-0.1, -0.05) is 120 Å². The second kappa shape index (κ2) is 13.4. The Morgan fingerprint density at radius 2 is 1.54 bits per heavy atom. The van der Waals surface area contributed by atoms with Crippen LogP contribution < -0.4 is 0 Å². The van der Waals surface area contributed by atoms with Gasteiger partial charge in [-0.15, -0.1) is 58.9 Å². The molecule has 0 unspecified atom stereocenters. The van der Waals surface area contributed by atoms with Crippen LogP contribution in [0, 0.1) is 25.8 Å². The maximum Gasteiger partial charge on any atom is 0.128 e. The topological polar surface area (TPSA) is 38.9 Å². The monoisotopic (exact) mass is 863 g/mol. The molecular weight excluding hydrogens is 829 g/mol. The number of pyridine rings is 1. The van der Waals surface area contributed by atoms with Crippen LogP contribution in [0.25, 0.3) is 85.3 Å². The van der Waals surface area contributed by atoms with Gasteiger partial charge in [0.1, 0.15) is 10.4 Å². The zero-order valence-corrected chi connectivity index (χ0v) is 30.2. The number of nitrogens with zero attached hydrogens (tertiary/aromatic N) is 2. The van der Waals surface area contributed by atoms with Crippen molar-refractivity contribution in [2.45, 2.75) is 13.7 Å². The molecule has 50 heavy (non-hydrogen) atoms. The molecule has 10 aromatic rings. The number of aromatic nitrogens is 2. The number of thiazole rings is 1. The van der Waals surface area contributed by atoms with Gasteiger partial charge >= 0.3 is 0 Å². The molecule has 0 saturated heterocycles. The molecule has 243 valence electrons. The van der Waals surface area contributed by atoms with Crippen LogP contribution in [0.1, 0.15) is 19.4 Å². The van der Waals surface area contributed by atoms with Crippen molar-refractivity contribution in [3.05, 3.63) is 157 Å². The summed E-state index contributed by atoms with van der Waals surface area (Å²) in [5.41, 5.74) is 5.62. The molecular formula is C44H28IrN2OS2-2. The third kappa shape index (κ3) is 5.74. The van der Waals surface area contributed by atoms with Gasteiger partial charge in [-0.05, 0) is 35.1 Å².